The number of phenolic OH excluding ortho intramolecular Hbond substituents is 2. The van der Waals surface area contributed by atoms with Crippen molar-refractivity contribution in [2.75, 3.05) is 14.2 Å². The van der Waals surface area contributed by atoms with Crippen molar-refractivity contribution >= 4 is 11.9 Å². The van der Waals surface area contributed by atoms with E-state index in [1.807, 2.05) is 41.1 Å². The first-order chi connectivity index (χ1) is 14.5. The van der Waals surface area contributed by atoms with E-state index in [2.05, 4.69) is 4.98 Å². The zero-order valence-electron chi connectivity index (χ0n) is 16.7. The average molecular weight is 410 g/mol. The fourth-order valence-electron chi connectivity index (χ4n) is 3.35. The molecule has 0 aliphatic rings. The number of benzene rings is 2. The number of imidazole rings is 1. The van der Waals surface area contributed by atoms with E-state index in [9.17, 15) is 19.8 Å². The Bertz CT molecular complexity index is 1020. The minimum absolute atomic E-state index is 0.139. The van der Waals surface area contributed by atoms with Gasteiger partial charge < -0.3 is 24.3 Å². The number of aryl methyl sites for hydroxylation is 1. The maximum atomic E-state index is 12.3. The molecule has 1 heterocycles. The van der Waals surface area contributed by atoms with Gasteiger partial charge in [-0.25, -0.2) is 14.6 Å². The van der Waals surface area contributed by atoms with Crippen LogP contribution in [0.2, 0.25) is 0 Å². The summed E-state index contributed by atoms with van der Waals surface area (Å²) in [5.41, 5.74) is 0.867. The molecule has 2 aromatic carbocycles. The zero-order valence-corrected chi connectivity index (χ0v) is 16.7. The molecule has 0 atom stereocenters. The summed E-state index contributed by atoms with van der Waals surface area (Å²) < 4.78 is 11.5. The van der Waals surface area contributed by atoms with Crippen LogP contribution in [0.1, 0.15) is 37.7 Å². The van der Waals surface area contributed by atoms with Crippen LogP contribution in [0.3, 0.4) is 0 Å². The summed E-state index contributed by atoms with van der Waals surface area (Å²) in [7, 11) is 2.34. The lowest BCUT2D eigenvalue weighted by molar-refractivity contribution is 0.0592. The summed E-state index contributed by atoms with van der Waals surface area (Å²) >= 11 is 0. The smallest absolute Gasteiger partial charge is 0.341 e. The van der Waals surface area contributed by atoms with Crippen molar-refractivity contribution in [1.82, 2.24) is 9.55 Å². The lowest BCUT2D eigenvalue weighted by Crippen LogP contribution is -2.15. The number of hydrogen-bond acceptors (Lipinski definition) is 7. The van der Waals surface area contributed by atoms with Gasteiger partial charge in [0.15, 0.2) is 0 Å². The minimum atomic E-state index is -0.819. The number of carbonyl (C=O) groups is 2. The Morgan fingerprint density at radius 1 is 0.967 bits per heavy atom. The highest BCUT2D eigenvalue weighted by molar-refractivity contribution is 6.02. The van der Waals surface area contributed by atoms with E-state index in [4.69, 9.17) is 9.47 Å². The molecule has 0 bridgehead atoms. The van der Waals surface area contributed by atoms with Crippen molar-refractivity contribution in [2.24, 2.45) is 0 Å². The molecule has 0 aliphatic carbocycles. The van der Waals surface area contributed by atoms with Crippen molar-refractivity contribution in [3.8, 4) is 11.5 Å². The van der Waals surface area contributed by atoms with Crippen LogP contribution in [-0.4, -0.2) is 45.9 Å². The van der Waals surface area contributed by atoms with Gasteiger partial charge in [0.2, 0.25) is 0 Å². The van der Waals surface area contributed by atoms with Crippen LogP contribution in [0.25, 0.3) is 0 Å². The number of phenols is 2. The molecule has 0 radical (unpaired) electrons. The lowest BCUT2D eigenvalue weighted by Gasteiger charge is -2.16. The molecule has 156 valence electrons. The molecule has 0 saturated carbocycles. The van der Waals surface area contributed by atoms with Crippen LogP contribution in [0.15, 0.2) is 48.8 Å². The highest BCUT2D eigenvalue weighted by atomic mass is 16.5. The Balaban J connectivity index is 1.96. The first kappa shape index (κ1) is 20.9. The minimum Gasteiger partial charge on any atom is -0.507 e. The molecule has 8 nitrogen and oxygen atoms in total. The summed E-state index contributed by atoms with van der Waals surface area (Å²) in [4.78, 5) is 28.9. The molecule has 8 heteroatoms. The molecule has 0 unspecified atom stereocenters. The molecule has 0 aliphatic heterocycles. The summed E-state index contributed by atoms with van der Waals surface area (Å²) in [5, 5.41) is 20.5. The third kappa shape index (κ3) is 4.27. The first-order valence-corrected chi connectivity index (χ1v) is 9.24. The fraction of sp³-hybridized carbons (Fsp3) is 0.227. The Morgan fingerprint density at radius 2 is 1.57 bits per heavy atom. The van der Waals surface area contributed by atoms with Crippen LogP contribution in [-0.2, 0) is 28.9 Å². The average Bonchev–Trinajstić information content (AvgIpc) is 3.18. The molecule has 30 heavy (non-hydrogen) atoms. The number of rotatable bonds is 7. The van der Waals surface area contributed by atoms with E-state index in [1.165, 1.54) is 14.2 Å². The van der Waals surface area contributed by atoms with E-state index in [1.54, 1.807) is 6.20 Å². The van der Waals surface area contributed by atoms with Crippen LogP contribution in [0.4, 0.5) is 0 Å². The SMILES string of the molecule is COC(=O)c1c(O)cc(O)c(C(=O)OC)c1CCc1nccn1Cc1ccccc1. The van der Waals surface area contributed by atoms with E-state index >= 15 is 0 Å². The van der Waals surface area contributed by atoms with Gasteiger partial charge >= 0.3 is 11.9 Å². The molecule has 0 saturated heterocycles. The number of hydrogen-bond donors (Lipinski definition) is 2. The second kappa shape index (κ2) is 9.13. The van der Waals surface area contributed by atoms with Gasteiger partial charge in [-0.05, 0) is 17.5 Å². The Kier molecular flexibility index (Phi) is 6.36. The number of nitrogens with zero attached hydrogens (tertiary/aromatic N) is 2. The van der Waals surface area contributed by atoms with Crippen LogP contribution in [0.5, 0.6) is 11.5 Å². The number of methoxy groups -OCH3 is 2. The third-order valence-corrected chi connectivity index (χ3v) is 4.76. The fourth-order valence-corrected chi connectivity index (χ4v) is 3.35. The topological polar surface area (TPSA) is 111 Å². The standard InChI is InChI=1S/C22H22N2O6/c1-29-21(27)19-15(20(22(28)30-2)17(26)12-16(19)25)8-9-18-23-10-11-24(18)13-14-6-4-3-5-7-14/h3-7,10-12,25-26H,8-9,13H2,1-2H3. The zero-order chi connectivity index (χ0) is 21.7. The van der Waals surface area contributed by atoms with Gasteiger partial charge in [-0.3, -0.25) is 0 Å². The number of aromatic nitrogens is 2. The number of esters is 2. The molecular weight excluding hydrogens is 388 g/mol. The van der Waals surface area contributed by atoms with Crippen LogP contribution >= 0.6 is 0 Å². The van der Waals surface area contributed by atoms with Gasteiger partial charge in [-0.1, -0.05) is 30.3 Å². The molecule has 2 N–H and O–H groups in total. The summed E-state index contributed by atoms with van der Waals surface area (Å²) in [6, 6.07) is 10.8. The molecule has 3 aromatic rings. The normalized spacial score (nSPS) is 10.6. The molecular formula is C22H22N2O6. The summed E-state index contributed by atoms with van der Waals surface area (Å²) in [5.74, 6) is -1.88. The Labute approximate surface area is 173 Å². The van der Waals surface area contributed by atoms with Gasteiger partial charge in [0, 0.05) is 31.4 Å². The maximum Gasteiger partial charge on any atom is 0.341 e. The molecule has 0 amide bonds. The predicted octanol–water partition coefficient (Wildman–Crippen LogP) is 2.70. The summed E-state index contributed by atoms with van der Waals surface area (Å²) in [6.07, 6.45) is 3.99. The van der Waals surface area contributed by atoms with E-state index < -0.39 is 23.4 Å². The third-order valence-electron chi connectivity index (χ3n) is 4.76. The second-order valence-corrected chi connectivity index (χ2v) is 6.58. The van der Waals surface area contributed by atoms with E-state index in [-0.39, 0.29) is 23.1 Å². The largest absolute Gasteiger partial charge is 0.507 e. The van der Waals surface area contributed by atoms with Gasteiger partial charge in [0.05, 0.1) is 14.2 Å². The maximum absolute atomic E-state index is 12.3. The van der Waals surface area contributed by atoms with Crippen molar-refractivity contribution in [3.05, 3.63) is 76.9 Å². The second-order valence-electron chi connectivity index (χ2n) is 6.58. The predicted molar refractivity (Wildman–Crippen MR) is 108 cm³/mol. The monoisotopic (exact) mass is 410 g/mol. The highest BCUT2D eigenvalue weighted by Gasteiger charge is 2.27. The Hall–Kier alpha value is -3.81. The van der Waals surface area contributed by atoms with E-state index in [0.717, 1.165) is 11.6 Å². The van der Waals surface area contributed by atoms with Gasteiger partial charge in [-0.2, -0.15) is 0 Å². The number of aromatic hydroxyl groups is 2. The molecule has 1 aromatic heterocycles. The van der Waals surface area contributed by atoms with Crippen LogP contribution < -0.4 is 0 Å². The Morgan fingerprint density at radius 3 is 2.13 bits per heavy atom. The number of ether oxygens (including phenoxy) is 2. The molecule has 0 spiro atoms. The molecule has 3 rings (SSSR count). The van der Waals surface area contributed by atoms with Gasteiger partial charge in [0.25, 0.3) is 0 Å². The number of carbonyl (C=O) groups excluding carboxylic acids is 2. The molecule has 0 fully saturated rings. The van der Waals surface area contributed by atoms with Crippen LogP contribution in [0, 0.1) is 0 Å². The van der Waals surface area contributed by atoms with Gasteiger partial charge in [-0.15, -0.1) is 0 Å². The highest BCUT2D eigenvalue weighted by Crippen LogP contribution is 2.34. The summed E-state index contributed by atoms with van der Waals surface area (Å²) in [6.45, 7) is 0.606. The first-order valence-electron chi connectivity index (χ1n) is 9.24. The van der Waals surface area contributed by atoms with E-state index in [0.29, 0.717) is 18.8 Å². The van der Waals surface area contributed by atoms with Crippen molar-refractivity contribution in [3.63, 3.8) is 0 Å². The van der Waals surface area contributed by atoms with Gasteiger partial charge in [0.1, 0.15) is 28.5 Å². The lowest BCUT2D eigenvalue weighted by atomic mass is 9.94. The van der Waals surface area contributed by atoms with Crippen molar-refractivity contribution in [2.45, 2.75) is 19.4 Å². The quantitative estimate of drug-likeness (QED) is 0.576. The van der Waals surface area contributed by atoms with Crippen molar-refractivity contribution < 1.29 is 29.3 Å². The van der Waals surface area contributed by atoms with Crippen molar-refractivity contribution in [1.29, 1.82) is 0 Å².